The lowest BCUT2D eigenvalue weighted by Crippen LogP contribution is -2.61. The van der Waals surface area contributed by atoms with Crippen molar-refractivity contribution in [2.24, 2.45) is 29.2 Å². The number of nitrogens with zero attached hydrogens (tertiary/aromatic N) is 2. The Balaban J connectivity index is 2.19. The van der Waals surface area contributed by atoms with Gasteiger partial charge in [-0.25, -0.2) is 4.79 Å². The summed E-state index contributed by atoms with van der Waals surface area (Å²) >= 11 is 1.36. The predicted molar refractivity (Wildman–Crippen MR) is 259 cm³/mol. The summed E-state index contributed by atoms with van der Waals surface area (Å²) in [7, 11) is 0. The molecule has 0 bridgehead atoms. The Morgan fingerprint density at radius 2 is 1.08 bits per heavy atom. The van der Waals surface area contributed by atoms with Crippen LogP contribution < -0.4 is 48.7 Å². The van der Waals surface area contributed by atoms with Gasteiger partial charge in [0.25, 0.3) is 0 Å². The zero-order chi connectivity index (χ0) is 53.7. The molecular weight excluding hydrogens is 951 g/mol. The third-order valence-electron chi connectivity index (χ3n) is 11.9. The van der Waals surface area contributed by atoms with E-state index in [1.54, 1.807) is 34.0 Å². The number of carbonyl (C=O) groups excluding carboxylic acids is 10. The Labute approximate surface area is 418 Å². The molecular formula is C45H77N11O14S. The highest BCUT2D eigenvalue weighted by Gasteiger charge is 2.43. The summed E-state index contributed by atoms with van der Waals surface area (Å²) in [6.45, 7) is 8.37. The van der Waals surface area contributed by atoms with Gasteiger partial charge < -0.3 is 73.8 Å². The molecule has 0 aromatic carbocycles. The number of carboxylic acids is 1. The van der Waals surface area contributed by atoms with Crippen molar-refractivity contribution in [2.75, 3.05) is 44.9 Å². The van der Waals surface area contributed by atoms with Gasteiger partial charge in [0.15, 0.2) is 0 Å². The summed E-state index contributed by atoms with van der Waals surface area (Å²) in [5.41, 5.74) is 10.9. The van der Waals surface area contributed by atoms with E-state index in [9.17, 15) is 68.1 Å². The maximum atomic E-state index is 14.0. The maximum Gasteiger partial charge on any atom is 0.326 e. The van der Waals surface area contributed by atoms with Crippen LogP contribution in [-0.2, 0) is 52.7 Å². The third-order valence-corrected chi connectivity index (χ3v) is 12.6. The van der Waals surface area contributed by atoms with Gasteiger partial charge >= 0.3 is 5.97 Å². The van der Waals surface area contributed by atoms with Crippen molar-refractivity contribution in [3.63, 3.8) is 0 Å². The number of aliphatic hydroxyl groups excluding tert-OH is 2. The fraction of sp³-hybridized carbons (Fsp3) is 0.756. The standard InChI is InChI=1S/C45H77N11O14S/c1-23(2)18-28(40(64)53-31(22-58)42(66)54-36(25(5)6)45(69)70)50-41(65)30(21-57)52-38(62)27(14-17-71-7)49-39(63)29(19-24(3)4)51-43(67)32-10-8-16-56(32)44(68)33-11-9-15-55(33)35(60)20-48-37(61)26(46)12-13-34(47)59/h23-33,36,57-58H,8-22,46H2,1-7H3,(H2,47,59)(H,48,61)(H,49,63)(H,50,65)(H,51,67)(H,52,62)(H,53,64)(H,54,66)(H,69,70)/t26-,27-,28-,29-,30-,31-,32-,33-,36-/m0/s1. The molecule has 2 rings (SSSR count). The van der Waals surface area contributed by atoms with Crippen LogP contribution in [0.15, 0.2) is 0 Å². The molecule has 0 spiro atoms. The van der Waals surface area contributed by atoms with Crippen molar-refractivity contribution < 1.29 is 68.1 Å². The van der Waals surface area contributed by atoms with Crippen molar-refractivity contribution in [1.82, 2.24) is 47.0 Å². The Morgan fingerprint density at radius 1 is 0.620 bits per heavy atom. The fourth-order valence-electron chi connectivity index (χ4n) is 8.06. The monoisotopic (exact) mass is 1030 g/mol. The molecule has 0 unspecified atom stereocenters. The molecule has 2 aliphatic heterocycles. The molecule has 402 valence electrons. The van der Waals surface area contributed by atoms with E-state index in [0.717, 1.165) is 0 Å². The van der Waals surface area contributed by atoms with Crippen molar-refractivity contribution in [1.29, 1.82) is 0 Å². The fourth-order valence-corrected chi connectivity index (χ4v) is 8.54. The minimum atomic E-state index is -1.64. The van der Waals surface area contributed by atoms with Gasteiger partial charge in [-0.1, -0.05) is 41.5 Å². The first-order chi connectivity index (χ1) is 33.4. The number of aliphatic carboxylic acids is 1. The molecule has 9 atom stereocenters. The third kappa shape index (κ3) is 19.8. The molecule has 0 radical (unpaired) electrons. The first kappa shape index (κ1) is 61.5. The normalized spacial score (nSPS) is 18.6. The first-order valence-electron chi connectivity index (χ1n) is 24.0. The number of carboxylic acid groups (broad SMARTS) is 1. The van der Waals surface area contributed by atoms with E-state index in [0.29, 0.717) is 25.0 Å². The van der Waals surface area contributed by atoms with E-state index in [4.69, 9.17) is 11.5 Å². The van der Waals surface area contributed by atoms with Crippen LogP contribution in [-0.4, -0.2) is 189 Å². The molecule has 0 aromatic rings. The van der Waals surface area contributed by atoms with Crippen molar-refractivity contribution in [3.8, 4) is 0 Å². The van der Waals surface area contributed by atoms with Gasteiger partial charge in [0.2, 0.25) is 59.1 Å². The number of nitrogens with two attached hydrogens (primary N) is 2. The highest BCUT2D eigenvalue weighted by Crippen LogP contribution is 2.25. The van der Waals surface area contributed by atoms with E-state index in [1.165, 1.54) is 21.6 Å². The minimum absolute atomic E-state index is 0.00748. The van der Waals surface area contributed by atoms with Crippen molar-refractivity contribution in [3.05, 3.63) is 0 Å². The van der Waals surface area contributed by atoms with E-state index < -0.39 is 145 Å². The second kappa shape index (κ2) is 30.3. The van der Waals surface area contributed by atoms with Gasteiger partial charge in [0.1, 0.15) is 48.3 Å². The number of likely N-dealkylation sites (tertiary alicyclic amines) is 2. The van der Waals surface area contributed by atoms with Crippen LogP contribution in [0.3, 0.4) is 0 Å². The smallest absolute Gasteiger partial charge is 0.326 e. The van der Waals surface area contributed by atoms with Gasteiger partial charge in [-0.05, 0) is 81.1 Å². The number of carbonyl (C=O) groups is 11. The van der Waals surface area contributed by atoms with Crippen molar-refractivity contribution in [2.45, 2.75) is 154 Å². The van der Waals surface area contributed by atoms with Crippen LogP contribution in [0.4, 0.5) is 0 Å². The molecule has 14 N–H and O–H groups in total. The topological polar surface area (TPSA) is 391 Å². The predicted octanol–water partition coefficient (Wildman–Crippen LogP) is -3.84. The SMILES string of the molecule is CSCC[C@H](NC(=O)[C@H](CC(C)C)NC(=O)[C@@H]1CCCN1C(=O)[C@@H]1CCCN1C(=O)CNC(=O)[C@@H](N)CCC(N)=O)C(=O)N[C@@H](CO)C(=O)N[C@@H](CC(C)C)C(=O)N[C@@H](CO)C(=O)N[C@H](C(=O)O)C(C)C. The van der Waals surface area contributed by atoms with Crippen LogP contribution in [0.2, 0.25) is 0 Å². The average molecular weight is 1030 g/mol. The molecule has 2 fully saturated rings. The Morgan fingerprint density at radius 3 is 1.58 bits per heavy atom. The molecule has 2 saturated heterocycles. The quantitative estimate of drug-likeness (QED) is 0.0328. The van der Waals surface area contributed by atoms with Gasteiger partial charge in [-0.3, -0.25) is 47.9 Å². The molecule has 0 aromatic heterocycles. The average Bonchev–Trinajstić information content (AvgIpc) is 4.01. The molecule has 10 amide bonds. The number of aliphatic hydroxyl groups is 2. The van der Waals surface area contributed by atoms with Crippen LogP contribution in [0.1, 0.15) is 99.3 Å². The molecule has 26 heteroatoms. The van der Waals surface area contributed by atoms with Crippen LogP contribution in [0, 0.1) is 17.8 Å². The van der Waals surface area contributed by atoms with Gasteiger partial charge in [-0.2, -0.15) is 11.8 Å². The summed E-state index contributed by atoms with van der Waals surface area (Å²) in [6.07, 6.45) is 3.34. The number of thioether (sulfide) groups is 1. The summed E-state index contributed by atoms with van der Waals surface area (Å²) < 4.78 is 0. The van der Waals surface area contributed by atoms with Gasteiger partial charge in [0, 0.05) is 19.5 Å². The summed E-state index contributed by atoms with van der Waals surface area (Å²) in [5, 5.41) is 47.0. The Kier molecular flexibility index (Phi) is 26.3. The highest BCUT2D eigenvalue weighted by atomic mass is 32.2. The lowest BCUT2D eigenvalue weighted by Gasteiger charge is -2.32. The van der Waals surface area contributed by atoms with Crippen molar-refractivity contribution >= 4 is 76.8 Å². The number of hydrogen-bond acceptors (Lipinski definition) is 15. The van der Waals surface area contributed by atoms with Crippen LogP contribution in [0.5, 0.6) is 0 Å². The molecule has 0 saturated carbocycles. The van der Waals surface area contributed by atoms with E-state index in [2.05, 4.69) is 37.2 Å². The second-order valence-electron chi connectivity index (χ2n) is 19.0. The zero-order valence-corrected chi connectivity index (χ0v) is 42.6. The molecule has 2 aliphatic rings. The van der Waals surface area contributed by atoms with E-state index in [-0.39, 0.29) is 63.5 Å². The lowest BCUT2D eigenvalue weighted by atomic mass is 10.0. The van der Waals surface area contributed by atoms with E-state index in [1.807, 2.05) is 13.8 Å². The number of primary amides is 1. The van der Waals surface area contributed by atoms with Gasteiger partial charge in [-0.15, -0.1) is 0 Å². The maximum absolute atomic E-state index is 14.0. The van der Waals surface area contributed by atoms with Crippen LogP contribution in [0.25, 0.3) is 0 Å². The zero-order valence-electron chi connectivity index (χ0n) is 41.8. The largest absolute Gasteiger partial charge is 0.480 e. The number of hydrogen-bond donors (Lipinski definition) is 12. The summed E-state index contributed by atoms with van der Waals surface area (Å²) in [4.78, 5) is 147. The van der Waals surface area contributed by atoms with Crippen LogP contribution >= 0.6 is 11.8 Å². The Hall–Kier alpha value is -5.60. The molecule has 0 aliphatic carbocycles. The first-order valence-corrected chi connectivity index (χ1v) is 25.4. The minimum Gasteiger partial charge on any atom is -0.480 e. The number of nitrogens with one attached hydrogen (secondary N) is 7. The lowest BCUT2D eigenvalue weighted by molar-refractivity contribution is -0.147. The molecule has 71 heavy (non-hydrogen) atoms. The highest BCUT2D eigenvalue weighted by molar-refractivity contribution is 7.98. The number of amides is 10. The summed E-state index contributed by atoms with van der Waals surface area (Å²) in [5.74, 6) is -9.29. The molecule has 25 nitrogen and oxygen atoms in total. The summed E-state index contributed by atoms with van der Waals surface area (Å²) in [6, 6.07) is -11.3. The molecule has 2 heterocycles. The van der Waals surface area contributed by atoms with Gasteiger partial charge in [0.05, 0.1) is 25.8 Å². The Bertz CT molecular complexity index is 1890. The second-order valence-corrected chi connectivity index (χ2v) is 20.0. The number of rotatable bonds is 30. The van der Waals surface area contributed by atoms with E-state index >= 15 is 0 Å².